The van der Waals surface area contributed by atoms with Gasteiger partial charge >= 0.3 is 0 Å². The molecule has 41 heavy (non-hydrogen) atoms. The number of morpholine rings is 1. The van der Waals surface area contributed by atoms with Crippen molar-refractivity contribution in [3.8, 4) is 0 Å². The predicted molar refractivity (Wildman–Crippen MR) is 172 cm³/mol. The van der Waals surface area contributed by atoms with E-state index in [1.165, 1.54) is 29.4 Å². The third-order valence-electron chi connectivity index (χ3n) is 6.30. The van der Waals surface area contributed by atoms with E-state index in [4.69, 9.17) is 20.6 Å². The average molecular weight is 607 g/mol. The number of hydrogen-bond donors (Lipinski definition) is 2. The van der Waals surface area contributed by atoms with Gasteiger partial charge in [-0.1, -0.05) is 54.0 Å². The molecule has 1 saturated heterocycles. The van der Waals surface area contributed by atoms with E-state index in [0.717, 1.165) is 36.7 Å². The number of hydrazine groups is 1. The number of guanidine groups is 1. The molecule has 1 fully saturated rings. The maximum atomic E-state index is 14.1. The van der Waals surface area contributed by atoms with Crippen LogP contribution in [-0.2, 0) is 11.2 Å². The first-order valence-corrected chi connectivity index (χ1v) is 15.0. The topological polar surface area (TPSA) is 104 Å². The number of hydrazone groups is 1. The van der Waals surface area contributed by atoms with Gasteiger partial charge in [-0.05, 0) is 37.8 Å². The zero-order valence-electron chi connectivity index (χ0n) is 24.0. The summed E-state index contributed by atoms with van der Waals surface area (Å²) in [5.74, 6) is 7.83. The Morgan fingerprint density at radius 1 is 1.34 bits per heavy atom. The van der Waals surface area contributed by atoms with Crippen molar-refractivity contribution in [1.82, 2.24) is 15.0 Å². The summed E-state index contributed by atoms with van der Waals surface area (Å²) in [6.07, 6.45) is 8.90. The Labute approximate surface area is 246 Å². The molecule has 2 aliphatic heterocycles. The molecule has 1 aromatic heterocycles. The van der Waals surface area contributed by atoms with E-state index in [-0.39, 0.29) is 17.3 Å². The molecule has 9 nitrogen and oxygen atoms in total. The van der Waals surface area contributed by atoms with Crippen molar-refractivity contribution in [3.05, 3.63) is 60.0 Å². The quantitative estimate of drug-likeness (QED) is 0.134. The number of nitrogens with one attached hydrogen (secondary N) is 1. The first-order chi connectivity index (χ1) is 19.5. The zero-order valence-corrected chi connectivity index (χ0v) is 26.3. The number of nitrogens with zero attached hydrogens (tertiary/aromatic N) is 6. The van der Waals surface area contributed by atoms with Crippen molar-refractivity contribution in [1.29, 1.82) is 0 Å². The number of alkyl halides is 2. The molecule has 0 saturated carbocycles. The molecule has 4 atom stereocenters. The van der Waals surface area contributed by atoms with Crippen LogP contribution in [0, 0.1) is 5.92 Å². The molecular formula is C28H42F2N8OP2. The van der Waals surface area contributed by atoms with E-state index in [1.54, 1.807) is 21.5 Å². The van der Waals surface area contributed by atoms with Crippen molar-refractivity contribution in [2.75, 3.05) is 38.2 Å². The molecule has 2 aliphatic rings. The van der Waals surface area contributed by atoms with Crippen molar-refractivity contribution in [2.24, 2.45) is 26.8 Å². The second kappa shape index (κ2) is 15.6. The van der Waals surface area contributed by atoms with Crippen LogP contribution in [0.4, 0.5) is 14.5 Å². The standard InChI is InChI=1S/C28H42F2N8OP2/c1-5-6-7-21(28(29,30)41)17-20(4)34-23-9-8-22(35-24(23)16-19(2)3)18-33-38(31)27-32-11-10-25(40)26(36-27)37-12-14-39-15-13-37/h5-9,17-20,25,34H,1,10-16,31,40-41H2,2-4H3/b7-6-,21-17+,33-18+. The van der Waals surface area contributed by atoms with Crippen LogP contribution in [0.3, 0.4) is 0 Å². The van der Waals surface area contributed by atoms with Crippen LogP contribution in [0.1, 0.15) is 38.6 Å². The first-order valence-electron chi connectivity index (χ1n) is 13.7. The van der Waals surface area contributed by atoms with Gasteiger partial charge in [0, 0.05) is 36.9 Å². The van der Waals surface area contributed by atoms with Crippen LogP contribution in [0.2, 0.25) is 0 Å². The third-order valence-corrected chi connectivity index (χ3v) is 7.27. The molecular weight excluding hydrogens is 564 g/mol. The summed E-state index contributed by atoms with van der Waals surface area (Å²) in [5, 5.41) is 8.86. The SMILES string of the molecule is C=C/C=C\C(=C/C(C)Nc1ccc(/C=N/N(N)C2=NCCC(P)C(N3CCOCC3)=N2)nc1CC(C)C)C(F)(F)P. The van der Waals surface area contributed by atoms with E-state index < -0.39 is 5.66 Å². The summed E-state index contributed by atoms with van der Waals surface area (Å²) >= 11 is 0. The number of aliphatic imine (C=N–C) groups is 2. The smallest absolute Gasteiger partial charge is 0.283 e. The largest absolute Gasteiger partial charge is 0.378 e. The van der Waals surface area contributed by atoms with Crippen molar-refractivity contribution in [2.45, 2.75) is 51.0 Å². The molecule has 0 aromatic carbocycles. The summed E-state index contributed by atoms with van der Waals surface area (Å²) in [5.41, 5.74) is -0.843. The van der Waals surface area contributed by atoms with Gasteiger partial charge in [0.2, 0.25) is 0 Å². The molecule has 224 valence electrons. The number of aromatic nitrogens is 1. The molecule has 4 unspecified atom stereocenters. The van der Waals surface area contributed by atoms with E-state index in [0.29, 0.717) is 43.8 Å². The van der Waals surface area contributed by atoms with E-state index in [1.807, 2.05) is 13.0 Å². The van der Waals surface area contributed by atoms with Gasteiger partial charge < -0.3 is 15.0 Å². The van der Waals surface area contributed by atoms with Gasteiger partial charge in [-0.25, -0.2) is 15.8 Å². The van der Waals surface area contributed by atoms with Gasteiger partial charge in [-0.3, -0.25) is 0 Å². The number of halogens is 2. The fourth-order valence-corrected chi connectivity index (χ4v) is 4.94. The fourth-order valence-electron chi connectivity index (χ4n) is 4.32. The van der Waals surface area contributed by atoms with Crippen LogP contribution in [0.5, 0.6) is 0 Å². The van der Waals surface area contributed by atoms with Gasteiger partial charge in [-0.2, -0.15) is 24.0 Å². The van der Waals surface area contributed by atoms with Crippen LogP contribution < -0.4 is 11.2 Å². The second-order valence-electron chi connectivity index (χ2n) is 10.3. The van der Waals surface area contributed by atoms with Crippen LogP contribution in [0.25, 0.3) is 0 Å². The normalized spacial score (nSPS) is 19.8. The highest BCUT2D eigenvalue weighted by Gasteiger charge is 2.26. The molecule has 0 bridgehead atoms. The van der Waals surface area contributed by atoms with Crippen LogP contribution in [-0.4, -0.2) is 83.2 Å². The lowest BCUT2D eigenvalue weighted by atomic mass is 10.1. The molecule has 13 heteroatoms. The molecule has 0 spiro atoms. The summed E-state index contributed by atoms with van der Waals surface area (Å²) < 4.78 is 33.6. The number of rotatable bonds is 10. The lowest BCUT2D eigenvalue weighted by Crippen LogP contribution is -2.45. The molecule has 3 N–H and O–H groups in total. The fraction of sp³-hybridized carbons (Fsp3) is 0.500. The number of hydrogen-bond acceptors (Lipinski definition) is 9. The molecule has 0 radical (unpaired) electrons. The van der Waals surface area contributed by atoms with Gasteiger partial charge in [0.25, 0.3) is 11.6 Å². The summed E-state index contributed by atoms with van der Waals surface area (Å²) in [4.78, 5) is 16.3. The maximum Gasteiger partial charge on any atom is 0.283 e. The Kier molecular flexibility index (Phi) is 12.5. The minimum atomic E-state index is -3.06. The molecule has 0 amide bonds. The summed E-state index contributed by atoms with van der Waals surface area (Å²) in [7, 11) is 4.43. The molecule has 3 heterocycles. The number of amidine groups is 1. The van der Waals surface area contributed by atoms with E-state index >= 15 is 0 Å². The van der Waals surface area contributed by atoms with Crippen LogP contribution in [0.15, 0.2) is 63.7 Å². The van der Waals surface area contributed by atoms with Gasteiger partial charge in [-0.15, -0.1) is 9.24 Å². The van der Waals surface area contributed by atoms with E-state index in [2.05, 4.69) is 50.0 Å². The maximum absolute atomic E-state index is 14.1. The van der Waals surface area contributed by atoms with Gasteiger partial charge in [0.15, 0.2) is 0 Å². The molecule has 3 rings (SSSR count). The summed E-state index contributed by atoms with van der Waals surface area (Å²) in [6.45, 7) is 13.0. The van der Waals surface area contributed by atoms with Crippen molar-refractivity contribution < 1.29 is 13.5 Å². The highest BCUT2D eigenvalue weighted by molar-refractivity contribution is 7.19. The number of pyridine rings is 1. The molecule has 1 aromatic rings. The minimum Gasteiger partial charge on any atom is -0.378 e. The predicted octanol–water partition coefficient (Wildman–Crippen LogP) is 4.46. The Bertz CT molecular complexity index is 1190. The third kappa shape index (κ3) is 10.3. The number of nitrogens with two attached hydrogens (primary N) is 1. The Morgan fingerprint density at radius 3 is 2.73 bits per heavy atom. The van der Waals surface area contributed by atoms with Crippen molar-refractivity contribution >= 4 is 42.2 Å². The average Bonchev–Trinajstić information content (AvgIpc) is 3.12. The van der Waals surface area contributed by atoms with E-state index in [9.17, 15) is 8.78 Å². The highest BCUT2D eigenvalue weighted by Crippen LogP contribution is 2.32. The van der Waals surface area contributed by atoms with Gasteiger partial charge in [0.05, 0.1) is 36.5 Å². The monoisotopic (exact) mass is 606 g/mol. The Hall–Kier alpha value is -2.58. The highest BCUT2D eigenvalue weighted by atomic mass is 31.0. The number of anilines is 1. The number of allylic oxidation sites excluding steroid dienone is 4. The first kappa shape index (κ1) is 32.9. The minimum absolute atomic E-state index is 0.124. The van der Waals surface area contributed by atoms with Crippen molar-refractivity contribution in [3.63, 3.8) is 0 Å². The number of ether oxygens (including phenoxy) is 1. The zero-order chi connectivity index (χ0) is 30.0. The lowest BCUT2D eigenvalue weighted by Gasteiger charge is -2.32. The van der Waals surface area contributed by atoms with Gasteiger partial charge in [0.1, 0.15) is 5.84 Å². The second-order valence-corrected chi connectivity index (χ2v) is 11.9. The molecule has 0 aliphatic carbocycles. The Balaban J connectivity index is 1.80. The Morgan fingerprint density at radius 2 is 2.07 bits per heavy atom. The van der Waals surface area contributed by atoms with Crippen LogP contribution >= 0.6 is 18.5 Å². The lowest BCUT2D eigenvalue weighted by molar-refractivity contribution is 0.0673. The summed E-state index contributed by atoms with van der Waals surface area (Å²) in [6, 6.07) is 3.30.